The molecule has 1 heterocycles. The predicted octanol–water partition coefficient (Wildman–Crippen LogP) is 4.00. The molecule has 0 aliphatic heterocycles. The van der Waals surface area contributed by atoms with E-state index in [1.54, 1.807) is 39.8 Å². The Balaban J connectivity index is 0.00000961. The van der Waals surface area contributed by atoms with Crippen molar-refractivity contribution in [1.29, 1.82) is 0 Å². The van der Waals surface area contributed by atoms with E-state index >= 15 is 0 Å². The molecule has 1 amide bonds. The molecule has 0 aromatic carbocycles. The fourth-order valence-corrected chi connectivity index (χ4v) is 2.93. The summed E-state index contributed by atoms with van der Waals surface area (Å²) in [6.45, 7) is 9.85. The van der Waals surface area contributed by atoms with Crippen LogP contribution in [-0.2, 0) is 24.5 Å². The molecule has 0 saturated heterocycles. The zero-order valence-corrected chi connectivity index (χ0v) is 22.3. The Labute approximate surface area is 205 Å². The van der Waals surface area contributed by atoms with E-state index in [-0.39, 0.29) is 48.0 Å². The van der Waals surface area contributed by atoms with Crippen LogP contribution in [0.3, 0.4) is 0 Å². The lowest BCUT2D eigenvalue weighted by Crippen LogP contribution is -2.45. The van der Waals surface area contributed by atoms with Gasteiger partial charge in [-0.2, -0.15) is 18.3 Å². The minimum absolute atomic E-state index is 0. The Hall–Kier alpha value is -1.73. The number of aliphatic imine (C=N–C) groups is 1. The second-order valence-electron chi connectivity index (χ2n) is 8.78. The maximum Gasteiger partial charge on any atom is 0.435 e. The van der Waals surface area contributed by atoms with Gasteiger partial charge in [-0.3, -0.25) is 9.67 Å². The summed E-state index contributed by atoms with van der Waals surface area (Å²) in [5.41, 5.74) is -1.46. The molecule has 1 aromatic rings. The summed E-state index contributed by atoms with van der Waals surface area (Å²) in [7, 11) is 4.79. The molecule has 1 atom stereocenters. The number of hydrogen-bond donors (Lipinski definition) is 2. The van der Waals surface area contributed by atoms with Crippen LogP contribution in [0.2, 0.25) is 0 Å². The Morgan fingerprint density at radius 2 is 1.91 bits per heavy atom. The van der Waals surface area contributed by atoms with Crippen LogP contribution in [0.1, 0.15) is 52.3 Å². The molecule has 0 aliphatic carbocycles. The Morgan fingerprint density at radius 3 is 2.38 bits per heavy atom. The number of alkyl halides is 3. The Kier molecular flexibility index (Phi) is 11.8. The quantitative estimate of drug-likeness (QED) is 0.292. The molecule has 8 nitrogen and oxygen atoms in total. The number of rotatable bonds is 7. The number of amides is 1. The SMILES string of the molecule is CN=C(NCc1cn(C)nc1C(F)(F)F)N(C)CCC(NC(=O)OC(C)(C)C)C(C)C.I. The van der Waals surface area contributed by atoms with E-state index in [1.165, 1.54) is 13.2 Å². The number of carbonyl (C=O) groups excluding carboxylic acids is 1. The minimum Gasteiger partial charge on any atom is -0.444 e. The van der Waals surface area contributed by atoms with Gasteiger partial charge in [0.05, 0.1) is 0 Å². The third-order valence-corrected chi connectivity index (χ3v) is 4.47. The number of carbonyl (C=O) groups is 1. The van der Waals surface area contributed by atoms with Crippen molar-refractivity contribution in [2.45, 2.75) is 65.4 Å². The lowest BCUT2D eigenvalue weighted by molar-refractivity contribution is -0.142. The molecule has 1 rings (SSSR count). The van der Waals surface area contributed by atoms with E-state index in [0.717, 1.165) is 4.68 Å². The molecule has 32 heavy (non-hydrogen) atoms. The highest BCUT2D eigenvalue weighted by Crippen LogP contribution is 2.30. The highest BCUT2D eigenvalue weighted by molar-refractivity contribution is 14.0. The molecule has 1 unspecified atom stereocenters. The number of nitrogens with one attached hydrogen (secondary N) is 2. The van der Waals surface area contributed by atoms with Crippen molar-refractivity contribution in [1.82, 2.24) is 25.3 Å². The van der Waals surface area contributed by atoms with Gasteiger partial charge >= 0.3 is 12.3 Å². The van der Waals surface area contributed by atoms with Crippen molar-refractivity contribution < 1.29 is 22.7 Å². The van der Waals surface area contributed by atoms with Crippen LogP contribution in [0, 0.1) is 5.92 Å². The molecule has 2 N–H and O–H groups in total. The van der Waals surface area contributed by atoms with Gasteiger partial charge in [0.1, 0.15) is 5.60 Å². The maximum absolute atomic E-state index is 13.1. The highest BCUT2D eigenvalue weighted by atomic mass is 127. The van der Waals surface area contributed by atoms with E-state index in [9.17, 15) is 18.0 Å². The number of nitrogens with zero attached hydrogens (tertiary/aromatic N) is 4. The van der Waals surface area contributed by atoms with Crippen molar-refractivity contribution >= 4 is 36.0 Å². The largest absolute Gasteiger partial charge is 0.444 e. The van der Waals surface area contributed by atoms with Gasteiger partial charge in [0.15, 0.2) is 11.7 Å². The van der Waals surface area contributed by atoms with Crippen molar-refractivity contribution in [2.75, 3.05) is 20.6 Å². The standard InChI is InChI=1S/C20H35F3N6O2.HI/c1-13(2)15(26-18(30)31-19(3,4)5)9-10-28(7)17(24-6)25-11-14-12-29(8)27-16(14)20(21,22)23;/h12-13,15H,9-11H2,1-8H3,(H,24,25)(H,26,30);1H. The summed E-state index contributed by atoms with van der Waals surface area (Å²) in [6, 6.07) is -0.134. The molecule has 12 heteroatoms. The van der Waals surface area contributed by atoms with Crippen molar-refractivity contribution in [3.63, 3.8) is 0 Å². The Morgan fingerprint density at radius 1 is 1.31 bits per heavy atom. The monoisotopic (exact) mass is 576 g/mol. The van der Waals surface area contributed by atoms with Crippen LogP contribution < -0.4 is 10.6 Å². The number of aryl methyl sites for hydroxylation is 1. The number of ether oxygens (including phenoxy) is 1. The summed E-state index contributed by atoms with van der Waals surface area (Å²) in [4.78, 5) is 18.0. The summed E-state index contributed by atoms with van der Waals surface area (Å²) in [5.74, 6) is 0.609. The lowest BCUT2D eigenvalue weighted by Gasteiger charge is -2.28. The van der Waals surface area contributed by atoms with Gasteiger partial charge in [-0.25, -0.2) is 4.79 Å². The Bertz CT molecular complexity index is 759. The fourth-order valence-electron chi connectivity index (χ4n) is 2.93. The first-order chi connectivity index (χ1) is 14.1. The topological polar surface area (TPSA) is 83.8 Å². The zero-order chi connectivity index (χ0) is 24.0. The van der Waals surface area contributed by atoms with Crippen molar-refractivity contribution in [3.8, 4) is 0 Å². The molecule has 0 spiro atoms. The maximum atomic E-state index is 13.1. The lowest BCUT2D eigenvalue weighted by atomic mass is 10.0. The van der Waals surface area contributed by atoms with Gasteiger partial charge in [0.2, 0.25) is 0 Å². The van der Waals surface area contributed by atoms with Crippen LogP contribution >= 0.6 is 24.0 Å². The van der Waals surface area contributed by atoms with Crippen LogP contribution in [0.4, 0.5) is 18.0 Å². The van der Waals surface area contributed by atoms with Gasteiger partial charge in [0, 0.05) is 52.0 Å². The summed E-state index contributed by atoms with van der Waals surface area (Å²) < 4.78 is 45.9. The number of aromatic nitrogens is 2. The molecular formula is C20H36F3IN6O2. The van der Waals surface area contributed by atoms with E-state index in [1.807, 2.05) is 13.8 Å². The van der Waals surface area contributed by atoms with Gasteiger partial charge < -0.3 is 20.3 Å². The average molecular weight is 576 g/mol. The van der Waals surface area contributed by atoms with Gasteiger partial charge in [0.25, 0.3) is 0 Å². The fraction of sp³-hybridized carbons (Fsp3) is 0.750. The zero-order valence-electron chi connectivity index (χ0n) is 20.0. The van der Waals surface area contributed by atoms with Crippen molar-refractivity contribution in [3.05, 3.63) is 17.5 Å². The van der Waals surface area contributed by atoms with Gasteiger partial charge in [-0.15, -0.1) is 24.0 Å². The van der Waals surface area contributed by atoms with Crippen LogP contribution in [0.25, 0.3) is 0 Å². The number of alkyl carbamates (subject to hydrolysis) is 1. The highest BCUT2D eigenvalue weighted by Gasteiger charge is 2.36. The molecule has 0 saturated carbocycles. The molecular weight excluding hydrogens is 540 g/mol. The number of guanidine groups is 1. The average Bonchev–Trinajstić information content (AvgIpc) is 2.98. The van der Waals surface area contributed by atoms with Crippen molar-refractivity contribution in [2.24, 2.45) is 18.0 Å². The third-order valence-electron chi connectivity index (χ3n) is 4.47. The normalized spacial score (nSPS) is 13.4. The van der Waals surface area contributed by atoms with E-state index in [2.05, 4.69) is 20.7 Å². The third kappa shape index (κ3) is 10.3. The molecule has 0 aliphatic rings. The van der Waals surface area contributed by atoms with E-state index in [4.69, 9.17) is 4.74 Å². The predicted molar refractivity (Wildman–Crippen MR) is 129 cm³/mol. The van der Waals surface area contributed by atoms with Crippen LogP contribution in [0.15, 0.2) is 11.2 Å². The summed E-state index contributed by atoms with van der Waals surface area (Å²) >= 11 is 0. The van der Waals surface area contributed by atoms with E-state index in [0.29, 0.717) is 18.9 Å². The second-order valence-corrected chi connectivity index (χ2v) is 8.78. The molecule has 186 valence electrons. The molecule has 0 fully saturated rings. The molecule has 0 bridgehead atoms. The number of halogens is 4. The number of hydrogen-bond acceptors (Lipinski definition) is 4. The van der Waals surface area contributed by atoms with Gasteiger partial charge in [-0.05, 0) is 33.1 Å². The molecule has 1 aromatic heterocycles. The summed E-state index contributed by atoms with van der Waals surface area (Å²) in [5, 5.41) is 9.34. The summed E-state index contributed by atoms with van der Waals surface area (Å²) in [6.07, 6.45) is -3.06. The molecule has 0 radical (unpaired) electrons. The van der Waals surface area contributed by atoms with E-state index < -0.39 is 23.6 Å². The first-order valence-electron chi connectivity index (χ1n) is 10.1. The second kappa shape index (κ2) is 12.5. The first kappa shape index (κ1) is 30.3. The van der Waals surface area contributed by atoms with Gasteiger partial charge in [-0.1, -0.05) is 13.8 Å². The minimum atomic E-state index is -4.52. The van der Waals surface area contributed by atoms with Crippen LogP contribution in [-0.4, -0.2) is 59.0 Å². The smallest absolute Gasteiger partial charge is 0.435 e. The first-order valence-corrected chi connectivity index (χ1v) is 10.1. The van der Waals surface area contributed by atoms with Crippen LogP contribution in [0.5, 0.6) is 0 Å².